The standard InChI is InChI=1S/C48H54N2O10/c1-30(36(35-22-24-40-41(27-35)56-29-55-40)16-13-19-42-49-38-17-11-12-18-39(38)58-42)50(28-32-20-21-33-14-9-10-15-34(33)26-32)45(53)44(57-31(2)51)37(46(54)60-48(6,7)8)23-25-43(52)59-47(3,4)5/h9-15,17-22,24,26-27,30,36-37,44H,16,23,25,28-29H2,1-8H3/t30-,36+,37?,44?/m1/s1. The normalized spacial score (nSPS) is 14.7. The van der Waals surface area contributed by atoms with E-state index in [0.29, 0.717) is 29.4 Å². The summed E-state index contributed by atoms with van der Waals surface area (Å²) in [7, 11) is 0. The van der Waals surface area contributed by atoms with Crippen molar-refractivity contribution in [2.24, 2.45) is 5.92 Å². The van der Waals surface area contributed by atoms with E-state index in [2.05, 4.69) is 4.98 Å². The van der Waals surface area contributed by atoms with E-state index in [1.807, 2.05) is 97.9 Å². The Morgan fingerprint density at radius 2 is 1.53 bits per heavy atom. The number of hydrogen-bond donors (Lipinski definition) is 0. The summed E-state index contributed by atoms with van der Waals surface area (Å²) in [5.41, 5.74) is 1.32. The number of hydrogen-bond acceptors (Lipinski definition) is 11. The maximum Gasteiger partial charge on any atom is 0.313 e. The van der Waals surface area contributed by atoms with Crippen LogP contribution in [0, 0.1) is 5.92 Å². The zero-order valence-corrected chi connectivity index (χ0v) is 35.6. The summed E-state index contributed by atoms with van der Waals surface area (Å²) in [6, 6.07) is 26.5. The number of nitrogens with zero attached hydrogens (tertiary/aromatic N) is 2. The molecule has 316 valence electrons. The lowest BCUT2D eigenvalue weighted by Gasteiger charge is -2.38. The second-order valence-electron chi connectivity index (χ2n) is 17.1. The molecule has 2 unspecified atom stereocenters. The Kier molecular flexibility index (Phi) is 13.3. The summed E-state index contributed by atoms with van der Waals surface area (Å²) < 4.78 is 34.6. The zero-order chi connectivity index (χ0) is 43.2. The fourth-order valence-electron chi connectivity index (χ4n) is 7.29. The molecule has 0 N–H and O–H groups in total. The van der Waals surface area contributed by atoms with Gasteiger partial charge in [-0.3, -0.25) is 19.2 Å². The van der Waals surface area contributed by atoms with Gasteiger partial charge in [0.25, 0.3) is 5.91 Å². The van der Waals surface area contributed by atoms with Crippen LogP contribution in [0.1, 0.15) is 97.6 Å². The van der Waals surface area contributed by atoms with E-state index < -0.39 is 53.1 Å². The Morgan fingerprint density at radius 3 is 2.25 bits per heavy atom. The zero-order valence-electron chi connectivity index (χ0n) is 35.6. The van der Waals surface area contributed by atoms with Gasteiger partial charge in [0.2, 0.25) is 12.7 Å². The molecule has 1 aliphatic rings. The fraction of sp³-hybridized carbons (Fsp3) is 0.396. The van der Waals surface area contributed by atoms with Crippen molar-refractivity contribution in [2.45, 2.75) is 110 Å². The third-order valence-corrected chi connectivity index (χ3v) is 10.0. The van der Waals surface area contributed by atoms with Gasteiger partial charge in [-0.2, -0.15) is 0 Å². The fourth-order valence-corrected chi connectivity index (χ4v) is 7.29. The topological polar surface area (TPSA) is 144 Å². The molecule has 1 aromatic heterocycles. The Bertz CT molecular complexity index is 2340. The van der Waals surface area contributed by atoms with Gasteiger partial charge in [-0.25, -0.2) is 4.98 Å². The summed E-state index contributed by atoms with van der Waals surface area (Å²) in [5, 5.41) is 2.00. The highest BCUT2D eigenvalue weighted by Crippen LogP contribution is 2.39. The summed E-state index contributed by atoms with van der Waals surface area (Å²) >= 11 is 0. The van der Waals surface area contributed by atoms with E-state index in [9.17, 15) is 14.4 Å². The second-order valence-corrected chi connectivity index (χ2v) is 17.1. The van der Waals surface area contributed by atoms with Crippen molar-refractivity contribution >= 4 is 51.8 Å². The predicted octanol–water partition coefficient (Wildman–Crippen LogP) is 9.33. The molecule has 0 saturated carbocycles. The molecular formula is C48H54N2O10. The van der Waals surface area contributed by atoms with Crippen LogP contribution in [-0.2, 0) is 39.9 Å². The second kappa shape index (κ2) is 18.4. The number of allylic oxidation sites excluding steroid dienone is 1. The smallest absolute Gasteiger partial charge is 0.313 e. The van der Waals surface area contributed by atoms with E-state index in [4.69, 9.17) is 28.1 Å². The van der Waals surface area contributed by atoms with Crippen molar-refractivity contribution in [3.05, 3.63) is 108 Å². The number of fused-ring (bicyclic) bond motifs is 3. The third kappa shape index (κ3) is 11.3. The Balaban J connectivity index is 1.43. The molecule has 5 aromatic rings. The van der Waals surface area contributed by atoms with Gasteiger partial charge in [0.05, 0.1) is 0 Å². The number of carbonyl (C=O) groups excluding carboxylic acids is 4. The molecule has 0 fully saturated rings. The Labute approximate surface area is 350 Å². The number of aromatic nitrogens is 1. The van der Waals surface area contributed by atoms with E-state index in [0.717, 1.165) is 27.4 Å². The van der Waals surface area contributed by atoms with Crippen LogP contribution >= 0.6 is 0 Å². The first-order chi connectivity index (χ1) is 28.4. The van der Waals surface area contributed by atoms with Crippen molar-refractivity contribution in [3.8, 4) is 11.5 Å². The quantitative estimate of drug-likeness (QED) is 0.0736. The molecule has 6 rings (SSSR count). The summed E-state index contributed by atoms with van der Waals surface area (Å²) in [4.78, 5) is 61.7. The van der Waals surface area contributed by atoms with Gasteiger partial charge in [-0.15, -0.1) is 0 Å². The number of rotatable bonds is 15. The van der Waals surface area contributed by atoms with Crippen molar-refractivity contribution in [3.63, 3.8) is 0 Å². The minimum Gasteiger partial charge on any atom is -0.460 e. The minimum absolute atomic E-state index is 0.0859. The number of amides is 1. The average molecular weight is 819 g/mol. The van der Waals surface area contributed by atoms with Gasteiger partial charge < -0.3 is 33.0 Å². The molecule has 1 amide bonds. The summed E-state index contributed by atoms with van der Waals surface area (Å²) in [5.74, 6) is -2.87. The van der Waals surface area contributed by atoms with Gasteiger partial charge in [0, 0.05) is 31.8 Å². The van der Waals surface area contributed by atoms with Gasteiger partial charge >= 0.3 is 17.9 Å². The van der Waals surface area contributed by atoms with E-state index in [1.165, 1.54) is 6.92 Å². The highest BCUT2D eigenvalue weighted by Gasteiger charge is 2.43. The molecule has 0 spiro atoms. The first-order valence-electron chi connectivity index (χ1n) is 20.3. The molecule has 0 bridgehead atoms. The Hall–Kier alpha value is -6.17. The third-order valence-electron chi connectivity index (χ3n) is 10.0. The SMILES string of the molecule is CC(=O)OC(C(=O)N(Cc1ccc2ccccc2c1)[C@H](C)[C@H](CC=Cc1nc2ccccc2o1)c1ccc2c(c1)OCO2)C(CCC(=O)OC(C)(C)C)C(=O)OC(C)(C)C. The van der Waals surface area contributed by atoms with Crippen LogP contribution in [0.25, 0.3) is 27.9 Å². The highest BCUT2D eigenvalue weighted by molar-refractivity contribution is 5.90. The van der Waals surface area contributed by atoms with Crippen LogP contribution in [0.15, 0.2) is 95.4 Å². The lowest BCUT2D eigenvalue weighted by molar-refractivity contribution is -0.177. The lowest BCUT2D eigenvalue weighted by Crippen LogP contribution is -2.52. The predicted molar refractivity (Wildman–Crippen MR) is 227 cm³/mol. The highest BCUT2D eigenvalue weighted by atomic mass is 16.7. The van der Waals surface area contributed by atoms with Gasteiger partial charge in [0.15, 0.2) is 23.2 Å². The number of carbonyl (C=O) groups is 4. The first-order valence-corrected chi connectivity index (χ1v) is 20.3. The van der Waals surface area contributed by atoms with Crippen LogP contribution < -0.4 is 9.47 Å². The summed E-state index contributed by atoms with van der Waals surface area (Å²) in [6.07, 6.45) is 2.11. The van der Waals surface area contributed by atoms with Crippen LogP contribution in [0.2, 0.25) is 0 Å². The molecule has 1 aliphatic heterocycles. The van der Waals surface area contributed by atoms with E-state index in [-0.39, 0.29) is 32.1 Å². The number of oxazole rings is 1. The number of benzene rings is 4. The van der Waals surface area contributed by atoms with Crippen molar-refractivity contribution in [1.82, 2.24) is 9.88 Å². The van der Waals surface area contributed by atoms with Crippen LogP contribution in [0.4, 0.5) is 0 Å². The molecule has 2 heterocycles. The minimum atomic E-state index is -1.64. The maximum atomic E-state index is 15.4. The van der Waals surface area contributed by atoms with Gasteiger partial charge in [-0.1, -0.05) is 60.7 Å². The Morgan fingerprint density at radius 1 is 0.833 bits per heavy atom. The molecule has 4 atom stereocenters. The van der Waals surface area contributed by atoms with Crippen LogP contribution in [0.3, 0.4) is 0 Å². The number of ether oxygens (including phenoxy) is 5. The largest absolute Gasteiger partial charge is 0.460 e. The lowest BCUT2D eigenvalue weighted by atomic mass is 9.86. The van der Waals surface area contributed by atoms with E-state index in [1.54, 1.807) is 52.5 Å². The monoisotopic (exact) mass is 818 g/mol. The van der Waals surface area contributed by atoms with Crippen LogP contribution in [0.5, 0.6) is 11.5 Å². The molecule has 4 aromatic carbocycles. The number of esters is 3. The molecule has 0 saturated heterocycles. The van der Waals surface area contributed by atoms with Crippen molar-refractivity contribution in [2.75, 3.05) is 6.79 Å². The summed E-state index contributed by atoms with van der Waals surface area (Å²) in [6.45, 7) is 13.6. The van der Waals surface area contributed by atoms with E-state index >= 15 is 4.79 Å². The average Bonchev–Trinajstić information content (AvgIpc) is 3.83. The van der Waals surface area contributed by atoms with Gasteiger partial charge in [-0.05, 0) is 120 Å². The number of para-hydroxylation sites is 2. The van der Waals surface area contributed by atoms with Gasteiger partial charge in [0.1, 0.15) is 22.6 Å². The molecule has 12 nitrogen and oxygen atoms in total. The van der Waals surface area contributed by atoms with Crippen LogP contribution in [-0.4, -0.2) is 63.8 Å². The molecular weight excluding hydrogens is 765 g/mol. The van der Waals surface area contributed by atoms with Crippen molar-refractivity contribution in [1.29, 1.82) is 0 Å². The first kappa shape index (κ1) is 43.4. The molecule has 0 radical (unpaired) electrons. The maximum absolute atomic E-state index is 15.4. The molecule has 0 aliphatic carbocycles. The molecule has 60 heavy (non-hydrogen) atoms. The molecule has 12 heteroatoms. The van der Waals surface area contributed by atoms with Crippen molar-refractivity contribution < 1.29 is 47.3 Å².